The minimum atomic E-state index is -0.203. The lowest BCUT2D eigenvalue weighted by atomic mass is 10.1. The molecule has 0 aliphatic carbocycles. The second-order valence-electron chi connectivity index (χ2n) is 5.17. The van der Waals surface area contributed by atoms with E-state index in [9.17, 15) is 4.79 Å². The monoisotopic (exact) mass is 307 g/mol. The van der Waals surface area contributed by atoms with E-state index < -0.39 is 0 Å². The summed E-state index contributed by atoms with van der Waals surface area (Å²) in [5.74, 6) is -0.203. The number of rotatable bonds is 5. The van der Waals surface area contributed by atoms with Crippen LogP contribution in [0, 0.1) is 6.92 Å². The first-order chi connectivity index (χ1) is 11.2. The van der Waals surface area contributed by atoms with E-state index in [1.165, 1.54) is 6.20 Å². The van der Waals surface area contributed by atoms with Crippen LogP contribution in [-0.2, 0) is 6.42 Å². The predicted molar refractivity (Wildman–Crippen MR) is 86.4 cm³/mol. The summed E-state index contributed by atoms with van der Waals surface area (Å²) in [5, 5.41) is 7.04. The molecule has 3 rings (SSSR count). The van der Waals surface area contributed by atoms with Gasteiger partial charge in [0.2, 0.25) is 0 Å². The smallest absolute Gasteiger partial charge is 0.271 e. The Hall–Kier alpha value is -3.02. The molecule has 116 valence electrons. The summed E-state index contributed by atoms with van der Waals surface area (Å²) >= 11 is 0. The van der Waals surface area contributed by atoms with Crippen molar-refractivity contribution in [2.24, 2.45) is 0 Å². The molecule has 1 amide bonds. The third-order valence-electron chi connectivity index (χ3n) is 3.42. The zero-order valence-corrected chi connectivity index (χ0v) is 12.8. The Morgan fingerprint density at radius 1 is 1.17 bits per heavy atom. The van der Waals surface area contributed by atoms with Crippen molar-refractivity contribution in [1.29, 1.82) is 0 Å². The summed E-state index contributed by atoms with van der Waals surface area (Å²) in [6.07, 6.45) is 7.48. The molecule has 6 heteroatoms. The molecule has 0 spiro atoms. The van der Waals surface area contributed by atoms with E-state index in [0.717, 1.165) is 23.4 Å². The lowest BCUT2D eigenvalue weighted by Crippen LogP contribution is -2.26. The van der Waals surface area contributed by atoms with Crippen LogP contribution >= 0.6 is 0 Å². The van der Waals surface area contributed by atoms with Gasteiger partial charge in [-0.15, -0.1) is 0 Å². The van der Waals surface area contributed by atoms with E-state index in [2.05, 4.69) is 20.4 Å². The highest BCUT2D eigenvalue weighted by atomic mass is 16.1. The highest BCUT2D eigenvalue weighted by Gasteiger charge is 2.06. The second kappa shape index (κ2) is 6.83. The number of aromatic nitrogens is 4. The van der Waals surface area contributed by atoms with Gasteiger partial charge in [-0.05, 0) is 37.1 Å². The average Bonchev–Trinajstić information content (AvgIpc) is 3.10. The number of hydrogen-bond acceptors (Lipinski definition) is 4. The molecule has 23 heavy (non-hydrogen) atoms. The molecule has 0 aliphatic rings. The van der Waals surface area contributed by atoms with E-state index >= 15 is 0 Å². The second-order valence-corrected chi connectivity index (χ2v) is 5.17. The molecule has 0 fully saturated rings. The van der Waals surface area contributed by atoms with Gasteiger partial charge in [0.1, 0.15) is 5.69 Å². The van der Waals surface area contributed by atoms with E-state index in [1.807, 2.05) is 48.1 Å². The highest BCUT2D eigenvalue weighted by Crippen LogP contribution is 2.08. The van der Waals surface area contributed by atoms with Crippen molar-refractivity contribution in [3.63, 3.8) is 0 Å². The average molecular weight is 307 g/mol. The van der Waals surface area contributed by atoms with Crippen LogP contribution in [0.4, 0.5) is 0 Å². The van der Waals surface area contributed by atoms with Crippen LogP contribution in [0.3, 0.4) is 0 Å². The summed E-state index contributed by atoms with van der Waals surface area (Å²) in [4.78, 5) is 20.1. The maximum absolute atomic E-state index is 11.9. The molecule has 0 saturated heterocycles. The Morgan fingerprint density at radius 2 is 2.00 bits per heavy atom. The van der Waals surface area contributed by atoms with Crippen molar-refractivity contribution in [2.75, 3.05) is 6.54 Å². The van der Waals surface area contributed by atoms with Crippen molar-refractivity contribution in [1.82, 2.24) is 25.1 Å². The normalized spacial score (nSPS) is 10.5. The SMILES string of the molecule is Cc1cnc(C(=O)NCCc2ccc(-n3cccn3)cc2)cn1. The van der Waals surface area contributed by atoms with E-state index in [0.29, 0.717) is 12.2 Å². The molecule has 0 saturated carbocycles. The quantitative estimate of drug-likeness (QED) is 0.782. The number of amides is 1. The van der Waals surface area contributed by atoms with Crippen LogP contribution in [0.5, 0.6) is 0 Å². The molecule has 2 heterocycles. The van der Waals surface area contributed by atoms with Gasteiger partial charge < -0.3 is 5.32 Å². The standard InChI is InChI=1S/C17H17N5O/c1-13-11-20-16(12-19-13)17(23)18-9-7-14-3-5-15(6-4-14)22-10-2-8-21-22/h2-6,8,10-12H,7,9H2,1H3,(H,18,23). The zero-order chi connectivity index (χ0) is 16.1. The first-order valence-electron chi connectivity index (χ1n) is 7.38. The van der Waals surface area contributed by atoms with Gasteiger partial charge in [-0.2, -0.15) is 5.10 Å². The van der Waals surface area contributed by atoms with Gasteiger partial charge in [0.25, 0.3) is 5.91 Å². The zero-order valence-electron chi connectivity index (χ0n) is 12.8. The van der Waals surface area contributed by atoms with Gasteiger partial charge in [0.05, 0.1) is 17.6 Å². The number of aryl methyl sites for hydroxylation is 1. The number of benzene rings is 1. The van der Waals surface area contributed by atoms with Gasteiger partial charge in [-0.25, -0.2) is 9.67 Å². The van der Waals surface area contributed by atoms with Gasteiger partial charge in [-0.1, -0.05) is 12.1 Å². The van der Waals surface area contributed by atoms with Crippen molar-refractivity contribution < 1.29 is 4.79 Å². The van der Waals surface area contributed by atoms with Crippen LogP contribution in [-0.4, -0.2) is 32.2 Å². The van der Waals surface area contributed by atoms with Crippen LogP contribution in [0.2, 0.25) is 0 Å². The maximum atomic E-state index is 11.9. The Kier molecular flexibility index (Phi) is 4.42. The minimum absolute atomic E-state index is 0.203. The molecular formula is C17H17N5O. The molecule has 6 nitrogen and oxygen atoms in total. The third-order valence-corrected chi connectivity index (χ3v) is 3.42. The summed E-state index contributed by atoms with van der Waals surface area (Å²) < 4.78 is 1.81. The Bertz CT molecular complexity index is 764. The maximum Gasteiger partial charge on any atom is 0.271 e. The van der Waals surface area contributed by atoms with Crippen LogP contribution in [0.25, 0.3) is 5.69 Å². The Labute approximate surface area is 134 Å². The fourth-order valence-corrected chi connectivity index (χ4v) is 2.16. The van der Waals surface area contributed by atoms with Crippen molar-refractivity contribution in [3.05, 3.63) is 72.1 Å². The molecule has 0 atom stereocenters. The number of nitrogens with one attached hydrogen (secondary N) is 1. The predicted octanol–water partition coefficient (Wildman–Crippen LogP) is 1.94. The minimum Gasteiger partial charge on any atom is -0.350 e. The topological polar surface area (TPSA) is 72.7 Å². The van der Waals surface area contributed by atoms with Crippen LogP contribution < -0.4 is 5.32 Å². The summed E-state index contributed by atoms with van der Waals surface area (Å²) in [6, 6.07) is 9.98. The first-order valence-corrected chi connectivity index (χ1v) is 7.38. The largest absolute Gasteiger partial charge is 0.350 e. The van der Waals surface area contributed by atoms with Gasteiger partial charge in [-0.3, -0.25) is 9.78 Å². The van der Waals surface area contributed by atoms with E-state index in [1.54, 1.807) is 12.4 Å². The van der Waals surface area contributed by atoms with Crippen LogP contribution in [0.1, 0.15) is 21.7 Å². The van der Waals surface area contributed by atoms with E-state index in [4.69, 9.17) is 0 Å². The van der Waals surface area contributed by atoms with E-state index in [-0.39, 0.29) is 5.91 Å². The van der Waals surface area contributed by atoms with Crippen molar-refractivity contribution in [3.8, 4) is 5.69 Å². The van der Waals surface area contributed by atoms with Crippen molar-refractivity contribution >= 4 is 5.91 Å². The molecule has 0 unspecified atom stereocenters. The molecule has 0 radical (unpaired) electrons. The molecule has 0 aliphatic heterocycles. The molecule has 3 aromatic rings. The third kappa shape index (κ3) is 3.79. The fraction of sp³-hybridized carbons (Fsp3) is 0.176. The van der Waals surface area contributed by atoms with Gasteiger partial charge in [0, 0.05) is 25.1 Å². The van der Waals surface area contributed by atoms with Crippen LogP contribution in [0.15, 0.2) is 55.1 Å². The number of hydrogen-bond donors (Lipinski definition) is 1. The fourth-order valence-electron chi connectivity index (χ4n) is 2.16. The molecule has 2 aromatic heterocycles. The van der Waals surface area contributed by atoms with Gasteiger partial charge >= 0.3 is 0 Å². The number of nitrogens with zero attached hydrogens (tertiary/aromatic N) is 4. The highest BCUT2D eigenvalue weighted by molar-refractivity contribution is 5.91. The molecule has 1 N–H and O–H groups in total. The summed E-state index contributed by atoms with van der Waals surface area (Å²) in [5.41, 5.74) is 3.29. The van der Waals surface area contributed by atoms with Gasteiger partial charge in [0.15, 0.2) is 0 Å². The molecule has 0 bridgehead atoms. The Balaban J connectivity index is 1.52. The Morgan fingerprint density at radius 3 is 2.65 bits per heavy atom. The summed E-state index contributed by atoms with van der Waals surface area (Å²) in [7, 11) is 0. The number of carbonyl (C=O) groups excluding carboxylic acids is 1. The first kappa shape index (κ1) is 14.9. The summed E-state index contributed by atoms with van der Waals surface area (Å²) in [6.45, 7) is 2.39. The van der Waals surface area contributed by atoms with Crippen molar-refractivity contribution in [2.45, 2.75) is 13.3 Å². The number of carbonyl (C=O) groups is 1. The lowest BCUT2D eigenvalue weighted by molar-refractivity contribution is 0.0948. The lowest BCUT2D eigenvalue weighted by Gasteiger charge is -2.06. The molecule has 1 aromatic carbocycles. The molecular weight excluding hydrogens is 290 g/mol.